The maximum atomic E-state index is 13.0. The van der Waals surface area contributed by atoms with E-state index in [-0.39, 0.29) is 16.8 Å². The van der Waals surface area contributed by atoms with Crippen molar-refractivity contribution in [3.63, 3.8) is 0 Å². The quantitative estimate of drug-likeness (QED) is 0.508. The number of hydrogen-bond donors (Lipinski definition) is 1. The lowest BCUT2D eigenvalue weighted by Crippen LogP contribution is -2.23. The monoisotopic (exact) mass is 415 g/mol. The van der Waals surface area contributed by atoms with Crippen molar-refractivity contribution in [1.29, 1.82) is 5.26 Å². The fourth-order valence-corrected chi connectivity index (χ4v) is 4.04. The molecule has 0 aliphatic heterocycles. The Morgan fingerprint density at radius 1 is 1.16 bits per heavy atom. The minimum absolute atomic E-state index is 0.0371. The van der Waals surface area contributed by atoms with E-state index < -0.39 is 5.91 Å². The first-order chi connectivity index (χ1) is 14.8. The molecule has 31 heavy (non-hydrogen) atoms. The van der Waals surface area contributed by atoms with E-state index in [0.717, 1.165) is 29.8 Å². The Bertz CT molecular complexity index is 1290. The van der Waals surface area contributed by atoms with Crippen LogP contribution in [-0.4, -0.2) is 19.8 Å². The third-order valence-electron chi connectivity index (χ3n) is 5.89. The molecular formula is C24H25N5O2. The van der Waals surface area contributed by atoms with Crippen LogP contribution in [-0.2, 0) is 11.8 Å². The molecule has 4 rings (SSSR count). The minimum Gasteiger partial charge on any atom is -0.346 e. The van der Waals surface area contributed by atoms with Crippen molar-refractivity contribution in [2.24, 2.45) is 7.05 Å². The summed E-state index contributed by atoms with van der Waals surface area (Å²) < 4.78 is 5.44. The van der Waals surface area contributed by atoms with Gasteiger partial charge in [0.2, 0.25) is 0 Å². The van der Waals surface area contributed by atoms with Crippen molar-refractivity contribution < 1.29 is 4.79 Å². The summed E-state index contributed by atoms with van der Waals surface area (Å²) in [4.78, 5) is 25.9. The van der Waals surface area contributed by atoms with Crippen LogP contribution in [0.3, 0.4) is 0 Å². The van der Waals surface area contributed by atoms with Crippen molar-refractivity contribution in [2.75, 3.05) is 5.32 Å². The third kappa shape index (κ3) is 3.61. The van der Waals surface area contributed by atoms with Crippen molar-refractivity contribution in [3.8, 4) is 11.8 Å². The predicted molar refractivity (Wildman–Crippen MR) is 120 cm³/mol. The fraction of sp³-hybridized carbons (Fsp3) is 0.292. The van der Waals surface area contributed by atoms with Gasteiger partial charge in [0.25, 0.3) is 11.5 Å². The zero-order chi connectivity index (χ0) is 22.3. The van der Waals surface area contributed by atoms with Crippen molar-refractivity contribution in [3.05, 3.63) is 75.0 Å². The molecule has 158 valence electrons. The summed E-state index contributed by atoms with van der Waals surface area (Å²) in [5, 5.41) is 12.3. The Morgan fingerprint density at radius 2 is 1.84 bits per heavy atom. The summed E-state index contributed by atoms with van der Waals surface area (Å²) in [5.74, 6) is -0.593. The first-order valence-electron chi connectivity index (χ1n) is 10.3. The predicted octanol–water partition coefficient (Wildman–Crippen LogP) is 3.78. The van der Waals surface area contributed by atoms with Gasteiger partial charge in [-0.25, -0.2) is 4.68 Å². The van der Waals surface area contributed by atoms with Crippen LogP contribution in [0.25, 0.3) is 11.8 Å². The highest BCUT2D eigenvalue weighted by atomic mass is 16.2. The van der Waals surface area contributed by atoms with Crippen LogP contribution >= 0.6 is 0 Å². The molecule has 7 nitrogen and oxygen atoms in total. The number of hydrogen-bond acceptors (Lipinski definition) is 3. The standard InChI is InChI=1S/C24H25N5O2/c1-15-12-18(16(2)28(15)20-10-11-20)13-19(14-25)23(30)26-22-17(3)27(4)29(24(22)31)21-8-6-5-7-9-21/h5-9,12-13,20H,10-11H2,1-4H3,(H,26,30)/b19-13+. The van der Waals surface area contributed by atoms with E-state index in [1.165, 1.54) is 4.68 Å². The highest BCUT2D eigenvalue weighted by Gasteiger charge is 2.27. The first-order valence-corrected chi connectivity index (χ1v) is 10.3. The van der Waals surface area contributed by atoms with E-state index >= 15 is 0 Å². The van der Waals surface area contributed by atoms with Crippen molar-refractivity contribution in [2.45, 2.75) is 39.7 Å². The maximum absolute atomic E-state index is 13.0. The number of nitrogens with one attached hydrogen (secondary N) is 1. The SMILES string of the molecule is Cc1cc(/C=C(\C#N)C(=O)Nc2c(C)n(C)n(-c3ccccc3)c2=O)c(C)n1C1CC1. The van der Waals surface area contributed by atoms with E-state index in [1.807, 2.05) is 56.3 Å². The topological polar surface area (TPSA) is 84.8 Å². The molecule has 1 aliphatic carbocycles. The van der Waals surface area contributed by atoms with Gasteiger partial charge in [-0.3, -0.25) is 14.3 Å². The smallest absolute Gasteiger partial charge is 0.295 e. The largest absolute Gasteiger partial charge is 0.346 e. The van der Waals surface area contributed by atoms with Crippen LogP contribution in [0.5, 0.6) is 0 Å². The van der Waals surface area contributed by atoms with Crippen LogP contribution in [0.4, 0.5) is 5.69 Å². The lowest BCUT2D eigenvalue weighted by Gasteiger charge is -2.07. The molecule has 1 aliphatic rings. The maximum Gasteiger partial charge on any atom is 0.295 e. The van der Waals surface area contributed by atoms with Gasteiger partial charge in [-0.2, -0.15) is 5.26 Å². The second-order valence-electron chi connectivity index (χ2n) is 7.99. The molecule has 1 N–H and O–H groups in total. The number of anilines is 1. The van der Waals surface area contributed by atoms with Crippen LogP contribution in [0, 0.1) is 32.1 Å². The Balaban J connectivity index is 1.67. The van der Waals surface area contributed by atoms with Crippen LogP contribution < -0.4 is 10.9 Å². The van der Waals surface area contributed by atoms with Crippen molar-refractivity contribution >= 4 is 17.7 Å². The van der Waals surface area contributed by atoms with Gasteiger partial charge in [-0.15, -0.1) is 0 Å². The molecule has 3 aromatic rings. The number of benzene rings is 1. The number of carbonyl (C=O) groups is 1. The first kappa shape index (κ1) is 20.5. The van der Waals surface area contributed by atoms with Gasteiger partial charge in [0, 0.05) is 24.5 Å². The van der Waals surface area contributed by atoms with E-state index in [0.29, 0.717) is 17.4 Å². The van der Waals surface area contributed by atoms with Gasteiger partial charge in [-0.05, 0) is 63.5 Å². The molecular weight excluding hydrogens is 390 g/mol. The summed E-state index contributed by atoms with van der Waals surface area (Å²) in [6.45, 7) is 5.80. The lowest BCUT2D eigenvalue weighted by atomic mass is 10.1. The molecule has 0 atom stereocenters. The zero-order valence-electron chi connectivity index (χ0n) is 18.1. The highest BCUT2D eigenvalue weighted by Crippen LogP contribution is 2.38. The Morgan fingerprint density at radius 3 is 2.45 bits per heavy atom. The Labute approximate surface area is 180 Å². The van der Waals surface area contributed by atoms with Crippen LogP contribution in [0.2, 0.25) is 0 Å². The molecule has 2 aromatic heterocycles. The number of rotatable bonds is 5. The summed E-state index contributed by atoms with van der Waals surface area (Å²) >= 11 is 0. The molecule has 1 saturated carbocycles. The van der Waals surface area contributed by atoms with Crippen LogP contribution in [0.15, 0.2) is 46.8 Å². The molecule has 1 aromatic carbocycles. The second-order valence-corrected chi connectivity index (χ2v) is 7.99. The number of nitrogens with zero attached hydrogens (tertiary/aromatic N) is 4. The normalized spacial score (nSPS) is 13.8. The van der Waals surface area contributed by atoms with E-state index in [1.54, 1.807) is 24.7 Å². The molecule has 0 bridgehead atoms. The van der Waals surface area contributed by atoms with E-state index in [9.17, 15) is 14.9 Å². The van der Waals surface area contributed by atoms with E-state index in [4.69, 9.17) is 0 Å². The summed E-state index contributed by atoms with van der Waals surface area (Å²) in [6, 6.07) is 13.7. The summed E-state index contributed by atoms with van der Waals surface area (Å²) in [6.07, 6.45) is 3.92. The van der Waals surface area contributed by atoms with Crippen molar-refractivity contribution in [1.82, 2.24) is 13.9 Å². The third-order valence-corrected chi connectivity index (χ3v) is 5.89. The average Bonchev–Trinajstić information content (AvgIpc) is 3.51. The number of para-hydroxylation sites is 1. The number of aryl methyl sites for hydroxylation is 1. The summed E-state index contributed by atoms with van der Waals surface area (Å²) in [7, 11) is 1.76. The lowest BCUT2D eigenvalue weighted by molar-refractivity contribution is -0.112. The Hall–Kier alpha value is -3.79. The molecule has 0 saturated heterocycles. The van der Waals surface area contributed by atoms with Gasteiger partial charge in [0.15, 0.2) is 0 Å². The van der Waals surface area contributed by atoms with Crippen LogP contribution in [0.1, 0.15) is 41.5 Å². The second kappa shape index (κ2) is 7.80. The molecule has 0 spiro atoms. The van der Waals surface area contributed by atoms with Gasteiger partial charge >= 0.3 is 0 Å². The number of nitriles is 1. The number of aromatic nitrogens is 3. The molecule has 2 heterocycles. The molecule has 1 amide bonds. The zero-order valence-corrected chi connectivity index (χ0v) is 18.1. The van der Waals surface area contributed by atoms with Gasteiger partial charge in [0.05, 0.1) is 11.4 Å². The summed E-state index contributed by atoms with van der Waals surface area (Å²) in [5.41, 5.74) is 4.10. The molecule has 0 radical (unpaired) electrons. The fourth-order valence-electron chi connectivity index (χ4n) is 4.04. The van der Waals surface area contributed by atoms with E-state index in [2.05, 4.69) is 9.88 Å². The molecule has 7 heteroatoms. The van der Waals surface area contributed by atoms with Gasteiger partial charge < -0.3 is 9.88 Å². The minimum atomic E-state index is -0.593. The van der Waals surface area contributed by atoms with Gasteiger partial charge in [0.1, 0.15) is 17.3 Å². The molecule has 1 fully saturated rings. The number of amides is 1. The average molecular weight is 415 g/mol. The highest BCUT2D eigenvalue weighted by molar-refractivity contribution is 6.10. The Kier molecular flexibility index (Phi) is 5.15. The number of carbonyl (C=O) groups excluding carboxylic acids is 1. The molecule has 0 unspecified atom stereocenters. The van der Waals surface area contributed by atoms with Gasteiger partial charge in [-0.1, -0.05) is 18.2 Å².